The molecule has 9 heteroatoms. The number of hydrogen-bond donors (Lipinski definition) is 1. The van der Waals surface area contributed by atoms with Crippen LogP contribution in [-0.4, -0.2) is 69.6 Å². The number of carbonyl (C=O) groups is 2. The van der Waals surface area contributed by atoms with E-state index in [9.17, 15) is 18.0 Å². The van der Waals surface area contributed by atoms with Crippen molar-refractivity contribution in [3.63, 3.8) is 0 Å². The van der Waals surface area contributed by atoms with Gasteiger partial charge in [0.1, 0.15) is 5.75 Å². The third-order valence-corrected chi connectivity index (χ3v) is 10.6. The zero-order valence-electron chi connectivity index (χ0n) is 24.3. The molecule has 2 saturated heterocycles. The summed E-state index contributed by atoms with van der Waals surface area (Å²) < 4.78 is 29.2. The molecule has 2 heterocycles. The highest BCUT2D eigenvalue weighted by Crippen LogP contribution is 2.42. The number of nitrogens with one attached hydrogen (secondary N) is 1. The zero-order chi connectivity index (χ0) is 29.0. The van der Waals surface area contributed by atoms with Crippen molar-refractivity contribution < 1.29 is 22.7 Å². The van der Waals surface area contributed by atoms with Crippen molar-refractivity contribution in [2.24, 2.45) is 11.3 Å². The van der Waals surface area contributed by atoms with Crippen LogP contribution in [0.2, 0.25) is 0 Å². The molecule has 1 saturated carbocycles. The predicted octanol–water partition coefficient (Wildman–Crippen LogP) is 4.35. The van der Waals surface area contributed by atoms with Crippen LogP contribution in [0.15, 0.2) is 53.4 Å². The van der Waals surface area contributed by atoms with Gasteiger partial charge < -0.3 is 19.9 Å². The molecular weight excluding hydrogens is 538 g/mol. The Labute approximate surface area is 244 Å². The summed E-state index contributed by atoms with van der Waals surface area (Å²) in [5.74, 6) is 1.28. The topological polar surface area (TPSA) is 96.0 Å². The number of nitrogens with zero attached hydrogens (tertiary/aromatic N) is 2. The van der Waals surface area contributed by atoms with E-state index in [0.717, 1.165) is 94.4 Å². The second-order valence-electron chi connectivity index (χ2n) is 12.1. The highest BCUT2D eigenvalue weighted by atomic mass is 32.2. The molecule has 2 aromatic rings. The van der Waals surface area contributed by atoms with Gasteiger partial charge in [0.15, 0.2) is 9.84 Å². The molecule has 1 aliphatic carbocycles. The molecule has 1 atom stereocenters. The second-order valence-corrected chi connectivity index (χ2v) is 14.1. The normalized spacial score (nSPS) is 20.4. The van der Waals surface area contributed by atoms with E-state index in [1.165, 1.54) is 6.26 Å². The van der Waals surface area contributed by atoms with Crippen LogP contribution >= 0.6 is 0 Å². The maximum atomic E-state index is 13.5. The molecule has 2 aromatic carbocycles. The highest BCUT2D eigenvalue weighted by molar-refractivity contribution is 7.90. The number of rotatable bonds is 10. The number of hydrogen-bond acceptors (Lipinski definition) is 6. The molecule has 2 amide bonds. The molecule has 0 aromatic heterocycles. The highest BCUT2D eigenvalue weighted by Gasteiger charge is 2.47. The number of sulfone groups is 1. The first-order chi connectivity index (χ1) is 19.7. The maximum Gasteiger partial charge on any atom is 0.229 e. The molecule has 3 aliphatic rings. The minimum atomic E-state index is -3.24. The molecular formula is C32H43N3O5S. The lowest BCUT2D eigenvalue weighted by Crippen LogP contribution is -2.45. The molecule has 1 spiro atoms. The number of methoxy groups -OCH3 is 1. The standard InChI is InChI=1S/C32H43N3O5S/c1-40-29-10-6-5-9-27(29)28(33-30(36)25-7-3-4-8-25)15-19-34-20-16-32(17-21-34)18-22-35(31(32)37)23-24-11-13-26(14-12-24)41(2,38)39/h5-6,9-14,25,28H,3-4,7-8,15-23H2,1-2H3,(H,33,36). The number of benzene rings is 2. The van der Waals surface area contributed by atoms with Crippen LogP contribution in [0.5, 0.6) is 5.75 Å². The number of carbonyl (C=O) groups excluding carboxylic acids is 2. The molecule has 1 unspecified atom stereocenters. The van der Waals surface area contributed by atoms with Gasteiger partial charge in [-0.15, -0.1) is 0 Å². The molecule has 3 fully saturated rings. The number of para-hydroxylation sites is 1. The third-order valence-electron chi connectivity index (χ3n) is 9.43. The van der Waals surface area contributed by atoms with Crippen LogP contribution in [0.25, 0.3) is 0 Å². The van der Waals surface area contributed by atoms with Crippen molar-refractivity contribution >= 4 is 21.7 Å². The van der Waals surface area contributed by atoms with E-state index in [2.05, 4.69) is 10.2 Å². The first-order valence-electron chi connectivity index (χ1n) is 14.9. The van der Waals surface area contributed by atoms with Gasteiger partial charge in [0.05, 0.1) is 23.5 Å². The monoisotopic (exact) mass is 581 g/mol. The van der Waals surface area contributed by atoms with E-state index in [1.807, 2.05) is 29.2 Å². The van der Waals surface area contributed by atoms with Crippen LogP contribution in [0.1, 0.15) is 68.5 Å². The van der Waals surface area contributed by atoms with Gasteiger partial charge in [-0.1, -0.05) is 43.2 Å². The zero-order valence-corrected chi connectivity index (χ0v) is 25.1. The molecule has 2 aliphatic heterocycles. The molecule has 0 radical (unpaired) electrons. The Morgan fingerprint density at radius 1 is 1.02 bits per heavy atom. The van der Waals surface area contributed by atoms with Gasteiger partial charge in [-0.25, -0.2) is 8.42 Å². The number of ether oxygens (including phenoxy) is 1. The number of amides is 2. The van der Waals surface area contributed by atoms with Crippen LogP contribution in [-0.2, 0) is 26.0 Å². The molecule has 41 heavy (non-hydrogen) atoms. The van der Waals surface area contributed by atoms with E-state index in [-0.39, 0.29) is 29.2 Å². The SMILES string of the molecule is COc1ccccc1C(CCN1CCC2(CC1)CCN(Cc1ccc(S(C)(=O)=O)cc1)C2=O)NC(=O)C1CCCC1. The van der Waals surface area contributed by atoms with E-state index in [1.54, 1.807) is 31.4 Å². The van der Waals surface area contributed by atoms with E-state index in [0.29, 0.717) is 11.4 Å². The minimum absolute atomic E-state index is 0.107. The summed E-state index contributed by atoms with van der Waals surface area (Å²) in [6.45, 7) is 3.80. The first kappa shape index (κ1) is 29.6. The van der Waals surface area contributed by atoms with Gasteiger partial charge in [-0.2, -0.15) is 0 Å². The summed E-state index contributed by atoms with van der Waals surface area (Å²) in [5.41, 5.74) is 1.66. The fourth-order valence-corrected chi connectivity index (χ4v) is 7.45. The van der Waals surface area contributed by atoms with Gasteiger partial charge in [-0.3, -0.25) is 9.59 Å². The summed E-state index contributed by atoms with van der Waals surface area (Å²) in [7, 11) is -1.57. The molecule has 8 nitrogen and oxygen atoms in total. The van der Waals surface area contributed by atoms with E-state index in [4.69, 9.17) is 4.74 Å². The Balaban J connectivity index is 1.17. The van der Waals surface area contributed by atoms with Crippen molar-refractivity contribution in [2.45, 2.75) is 68.8 Å². The Kier molecular flexibility index (Phi) is 9.04. The summed E-state index contributed by atoms with van der Waals surface area (Å²) in [5, 5.41) is 3.35. The first-order valence-corrected chi connectivity index (χ1v) is 16.8. The van der Waals surface area contributed by atoms with Crippen LogP contribution in [0.4, 0.5) is 0 Å². The van der Waals surface area contributed by atoms with Gasteiger partial charge in [-0.05, 0) is 75.4 Å². The number of piperidine rings is 1. The fraction of sp³-hybridized carbons (Fsp3) is 0.562. The van der Waals surface area contributed by atoms with Gasteiger partial charge in [0.25, 0.3) is 0 Å². The van der Waals surface area contributed by atoms with Crippen molar-refractivity contribution in [1.29, 1.82) is 0 Å². The van der Waals surface area contributed by atoms with Crippen LogP contribution < -0.4 is 10.1 Å². The van der Waals surface area contributed by atoms with Crippen molar-refractivity contribution in [2.75, 3.05) is 39.5 Å². The lowest BCUT2D eigenvalue weighted by Gasteiger charge is -2.38. The van der Waals surface area contributed by atoms with Crippen molar-refractivity contribution in [3.05, 3.63) is 59.7 Å². The summed E-state index contributed by atoms with van der Waals surface area (Å²) in [6, 6.07) is 14.7. The van der Waals surface area contributed by atoms with Crippen LogP contribution in [0.3, 0.4) is 0 Å². The maximum absolute atomic E-state index is 13.5. The van der Waals surface area contributed by atoms with Crippen molar-refractivity contribution in [3.8, 4) is 5.75 Å². The van der Waals surface area contributed by atoms with Gasteiger partial charge >= 0.3 is 0 Å². The Bertz CT molecular complexity index is 1330. The summed E-state index contributed by atoms with van der Waals surface area (Å²) >= 11 is 0. The smallest absolute Gasteiger partial charge is 0.229 e. The average Bonchev–Trinajstić information content (AvgIpc) is 3.62. The predicted molar refractivity (Wildman–Crippen MR) is 158 cm³/mol. The Hall–Kier alpha value is -2.91. The summed E-state index contributed by atoms with van der Waals surface area (Å²) in [6.07, 6.45) is 8.71. The van der Waals surface area contributed by atoms with E-state index >= 15 is 0 Å². The second kappa shape index (κ2) is 12.5. The third kappa shape index (κ3) is 6.78. The largest absolute Gasteiger partial charge is 0.496 e. The molecule has 5 rings (SSSR count). The lowest BCUT2D eigenvalue weighted by atomic mass is 9.77. The van der Waals surface area contributed by atoms with Crippen LogP contribution in [0, 0.1) is 11.3 Å². The Morgan fingerprint density at radius 2 is 1.68 bits per heavy atom. The van der Waals surface area contributed by atoms with Gasteiger partial charge in [0, 0.05) is 37.4 Å². The fourth-order valence-electron chi connectivity index (χ4n) is 6.82. The number of likely N-dealkylation sites (tertiary alicyclic amines) is 2. The molecule has 222 valence electrons. The minimum Gasteiger partial charge on any atom is -0.496 e. The molecule has 1 N–H and O–H groups in total. The van der Waals surface area contributed by atoms with Gasteiger partial charge in [0.2, 0.25) is 11.8 Å². The van der Waals surface area contributed by atoms with E-state index < -0.39 is 9.84 Å². The van der Waals surface area contributed by atoms with Crippen molar-refractivity contribution in [1.82, 2.24) is 15.1 Å². The molecule has 0 bridgehead atoms. The quantitative estimate of drug-likeness (QED) is 0.448. The average molecular weight is 582 g/mol. The summed E-state index contributed by atoms with van der Waals surface area (Å²) in [4.78, 5) is 31.3. The lowest BCUT2D eigenvalue weighted by molar-refractivity contribution is -0.139. The Morgan fingerprint density at radius 3 is 2.34 bits per heavy atom.